The molecule has 0 saturated carbocycles. The van der Waals surface area contributed by atoms with Crippen LogP contribution in [0.5, 0.6) is 0 Å². The minimum atomic E-state index is -0.259. The van der Waals surface area contributed by atoms with E-state index in [2.05, 4.69) is 10.2 Å². The molecule has 0 spiro atoms. The van der Waals surface area contributed by atoms with Gasteiger partial charge in [0.1, 0.15) is 0 Å². The van der Waals surface area contributed by atoms with E-state index in [-0.39, 0.29) is 23.6 Å². The molecular weight excluding hydrogens is 340 g/mol. The van der Waals surface area contributed by atoms with E-state index in [4.69, 9.17) is 4.42 Å². The molecule has 134 valence electrons. The predicted octanol–water partition coefficient (Wildman–Crippen LogP) is 2.17. The highest BCUT2D eigenvalue weighted by molar-refractivity contribution is 7.09. The summed E-state index contributed by atoms with van der Waals surface area (Å²) in [4.78, 5) is 29.4. The topological polar surface area (TPSA) is 79.5 Å². The van der Waals surface area contributed by atoms with Gasteiger partial charge in [-0.1, -0.05) is 19.9 Å². The number of aromatic nitrogens is 2. The van der Waals surface area contributed by atoms with Crippen LogP contribution < -0.4 is 0 Å². The van der Waals surface area contributed by atoms with Crippen LogP contribution >= 0.6 is 11.3 Å². The number of amides is 2. The van der Waals surface area contributed by atoms with Crippen molar-refractivity contribution in [2.45, 2.75) is 32.6 Å². The molecule has 25 heavy (non-hydrogen) atoms. The van der Waals surface area contributed by atoms with Crippen molar-refractivity contribution in [2.24, 2.45) is 0 Å². The summed E-state index contributed by atoms with van der Waals surface area (Å²) in [7, 11) is 0. The molecule has 0 atom stereocenters. The van der Waals surface area contributed by atoms with Gasteiger partial charge in [0, 0.05) is 43.4 Å². The quantitative estimate of drug-likeness (QED) is 0.814. The van der Waals surface area contributed by atoms with Crippen molar-refractivity contribution in [1.82, 2.24) is 20.0 Å². The zero-order valence-corrected chi connectivity index (χ0v) is 15.3. The molecule has 3 rings (SSSR count). The Morgan fingerprint density at radius 3 is 2.52 bits per heavy atom. The van der Waals surface area contributed by atoms with E-state index in [0.29, 0.717) is 38.5 Å². The van der Waals surface area contributed by atoms with Gasteiger partial charge in [0.25, 0.3) is 0 Å². The predicted molar refractivity (Wildman–Crippen MR) is 93.5 cm³/mol. The normalized spacial score (nSPS) is 15.0. The lowest BCUT2D eigenvalue weighted by atomic mass is 10.2. The zero-order chi connectivity index (χ0) is 17.8. The molecule has 1 aliphatic heterocycles. The fourth-order valence-electron chi connectivity index (χ4n) is 2.69. The van der Waals surface area contributed by atoms with Crippen molar-refractivity contribution in [2.75, 3.05) is 26.2 Å². The first-order valence-corrected chi connectivity index (χ1v) is 9.35. The number of nitrogens with zero attached hydrogens (tertiary/aromatic N) is 4. The first kappa shape index (κ1) is 17.6. The molecule has 1 saturated heterocycles. The van der Waals surface area contributed by atoms with Crippen molar-refractivity contribution in [3.63, 3.8) is 0 Å². The molecule has 2 aromatic rings. The Bertz CT molecular complexity index is 718. The summed E-state index contributed by atoms with van der Waals surface area (Å²) in [6.45, 7) is 5.93. The molecule has 0 radical (unpaired) electrons. The Labute approximate surface area is 150 Å². The molecule has 0 aliphatic carbocycles. The summed E-state index contributed by atoms with van der Waals surface area (Å²) >= 11 is 1.67. The number of thiophene rings is 1. The molecule has 0 N–H and O–H groups in total. The third-order valence-electron chi connectivity index (χ3n) is 4.20. The van der Waals surface area contributed by atoms with E-state index in [1.54, 1.807) is 16.2 Å². The SMILES string of the molecule is CC(C)c1nnc(C(=O)N2CCN(C(=O)CCc3cccs3)CC2)o1. The van der Waals surface area contributed by atoms with Gasteiger partial charge in [-0.25, -0.2) is 0 Å². The lowest BCUT2D eigenvalue weighted by Gasteiger charge is -2.34. The third-order valence-corrected chi connectivity index (χ3v) is 5.14. The highest BCUT2D eigenvalue weighted by Gasteiger charge is 2.28. The van der Waals surface area contributed by atoms with Crippen LogP contribution in [0.15, 0.2) is 21.9 Å². The second-order valence-electron chi connectivity index (χ2n) is 6.35. The van der Waals surface area contributed by atoms with Gasteiger partial charge in [-0.3, -0.25) is 9.59 Å². The van der Waals surface area contributed by atoms with Crippen LogP contribution in [0, 0.1) is 0 Å². The molecule has 2 amide bonds. The van der Waals surface area contributed by atoms with Gasteiger partial charge in [0.2, 0.25) is 11.8 Å². The van der Waals surface area contributed by atoms with Crippen LogP contribution in [0.4, 0.5) is 0 Å². The number of aryl methyl sites for hydroxylation is 1. The maximum atomic E-state index is 12.4. The van der Waals surface area contributed by atoms with Crippen LogP contribution in [0.1, 0.15) is 47.6 Å². The van der Waals surface area contributed by atoms with E-state index in [1.165, 1.54) is 4.88 Å². The van der Waals surface area contributed by atoms with Gasteiger partial charge in [0.05, 0.1) is 0 Å². The van der Waals surface area contributed by atoms with Crippen LogP contribution in [0.3, 0.4) is 0 Å². The standard InChI is InChI=1S/C17H22N4O3S/c1-12(2)15-18-19-16(24-15)17(23)21-9-7-20(8-10-21)14(22)6-5-13-4-3-11-25-13/h3-4,11-12H,5-10H2,1-2H3. The largest absolute Gasteiger partial charge is 0.417 e. The Kier molecular flexibility index (Phi) is 5.47. The molecule has 8 heteroatoms. The Hall–Kier alpha value is -2.22. The highest BCUT2D eigenvalue weighted by atomic mass is 32.1. The Balaban J connectivity index is 1.49. The molecule has 2 aromatic heterocycles. The van der Waals surface area contributed by atoms with Gasteiger partial charge in [-0.2, -0.15) is 0 Å². The van der Waals surface area contributed by atoms with Gasteiger partial charge in [0.15, 0.2) is 0 Å². The molecule has 0 bridgehead atoms. The number of piperazine rings is 1. The van der Waals surface area contributed by atoms with E-state index < -0.39 is 0 Å². The molecule has 0 aromatic carbocycles. The molecule has 1 aliphatic rings. The molecule has 3 heterocycles. The number of hydrogen-bond donors (Lipinski definition) is 0. The van der Waals surface area contributed by atoms with Gasteiger partial charge in [-0.15, -0.1) is 21.5 Å². The number of carbonyl (C=O) groups is 2. The fourth-order valence-corrected chi connectivity index (χ4v) is 3.40. The molecule has 1 fully saturated rings. The van der Waals surface area contributed by atoms with Crippen molar-refractivity contribution >= 4 is 23.2 Å². The van der Waals surface area contributed by atoms with Crippen LogP contribution in [0.2, 0.25) is 0 Å². The van der Waals surface area contributed by atoms with Crippen LogP contribution in [-0.2, 0) is 11.2 Å². The van der Waals surface area contributed by atoms with E-state index in [9.17, 15) is 9.59 Å². The maximum absolute atomic E-state index is 12.4. The number of rotatable bonds is 5. The zero-order valence-electron chi connectivity index (χ0n) is 14.5. The van der Waals surface area contributed by atoms with Crippen molar-refractivity contribution in [3.05, 3.63) is 34.2 Å². The van der Waals surface area contributed by atoms with Crippen molar-refractivity contribution < 1.29 is 14.0 Å². The molecule has 7 nitrogen and oxygen atoms in total. The maximum Gasteiger partial charge on any atom is 0.311 e. The van der Waals surface area contributed by atoms with Crippen molar-refractivity contribution in [3.8, 4) is 0 Å². The highest BCUT2D eigenvalue weighted by Crippen LogP contribution is 2.15. The lowest BCUT2D eigenvalue weighted by Crippen LogP contribution is -2.50. The smallest absolute Gasteiger partial charge is 0.311 e. The summed E-state index contributed by atoms with van der Waals surface area (Å²) in [6.07, 6.45) is 1.28. The lowest BCUT2D eigenvalue weighted by molar-refractivity contribution is -0.132. The first-order chi connectivity index (χ1) is 12.0. The van der Waals surface area contributed by atoms with E-state index >= 15 is 0 Å². The second-order valence-corrected chi connectivity index (χ2v) is 7.38. The van der Waals surface area contributed by atoms with Crippen molar-refractivity contribution in [1.29, 1.82) is 0 Å². The Morgan fingerprint density at radius 1 is 1.20 bits per heavy atom. The van der Waals surface area contributed by atoms with Gasteiger partial charge in [-0.05, 0) is 17.9 Å². The summed E-state index contributed by atoms with van der Waals surface area (Å²) in [5, 5.41) is 9.75. The summed E-state index contributed by atoms with van der Waals surface area (Å²) < 4.78 is 5.42. The average molecular weight is 362 g/mol. The summed E-state index contributed by atoms with van der Waals surface area (Å²) in [5.41, 5.74) is 0. The third kappa shape index (κ3) is 4.25. The van der Waals surface area contributed by atoms with Gasteiger partial charge >= 0.3 is 11.8 Å². The van der Waals surface area contributed by atoms with Gasteiger partial charge < -0.3 is 14.2 Å². The van der Waals surface area contributed by atoms with Crippen LogP contribution in [-0.4, -0.2) is 58.0 Å². The average Bonchev–Trinajstić information content (AvgIpc) is 3.30. The number of carbonyl (C=O) groups excluding carboxylic acids is 2. The summed E-state index contributed by atoms with van der Waals surface area (Å²) in [5.74, 6) is 0.462. The monoisotopic (exact) mass is 362 g/mol. The molecular formula is C17H22N4O3S. The second kappa shape index (κ2) is 7.77. The molecule has 0 unspecified atom stereocenters. The number of hydrogen-bond acceptors (Lipinski definition) is 6. The first-order valence-electron chi connectivity index (χ1n) is 8.47. The summed E-state index contributed by atoms with van der Waals surface area (Å²) in [6, 6.07) is 4.04. The van der Waals surface area contributed by atoms with E-state index in [0.717, 1.165) is 6.42 Å². The Morgan fingerprint density at radius 2 is 1.92 bits per heavy atom. The minimum Gasteiger partial charge on any atom is -0.417 e. The van der Waals surface area contributed by atoms with E-state index in [1.807, 2.05) is 36.3 Å². The minimum absolute atomic E-state index is 0.0289. The van der Waals surface area contributed by atoms with Crippen LogP contribution in [0.25, 0.3) is 0 Å². The fraction of sp³-hybridized carbons (Fsp3) is 0.529.